The Kier molecular flexibility index (Phi) is 8.07. The van der Waals surface area contributed by atoms with Gasteiger partial charge in [0.25, 0.3) is 0 Å². The number of anilines is 2. The number of carbonyl (C=O) groups is 2. The lowest BCUT2D eigenvalue weighted by molar-refractivity contribution is -0.117. The van der Waals surface area contributed by atoms with Crippen molar-refractivity contribution in [1.29, 1.82) is 0 Å². The lowest BCUT2D eigenvalue weighted by Crippen LogP contribution is -2.49. The number of ether oxygens (including phenoxy) is 1. The van der Waals surface area contributed by atoms with E-state index in [2.05, 4.69) is 20.4 Å². The van der Waals surface area contributed by atoms with E-state index in [1.165, 1.54) is 0 Å². The van der Waals surface area contributed by atoms with Crippen LogP contribution >= 0.6 is 11.6 Å². The molecule has 0 unspecified atom stereocenters. The Bertz CT molecular complexity index is 869. The minimum absolute atomic E-state index is 0.0407. The summed E-state index contributed by atoms with van der Waals surface area (Å²) >= 11 is 6.08. The molecule has 0 atom stereocenters. The first-order valence-corrected chi connectivity index (χ1v) is 10.3. The molecule has 3 rings (SSSR count). The van der Waals surface area contributed by atoms with Crippen molar-refractivity contribution in [2.45, 2.75) is 6.42 Å². The average Bonchev–Trinajstić information content (AvgIpc) is 2.75. The van der Waals surface area contributed by atoms with Gasteiger partial charge in [0.2, 0.25) is 11.8 Å². The maximum absolute atomic E-state index is 12.3. The Hall–Kier alpha value is -2.61. The van der Waals surface area contributed by atoms with Gasteiger partial charge < -0.3 is 20.3 Å². The highest BCUT2D eigenvalue weighted by molar-refractivity contribution is 6.33. The molecule has 0 saturated carbocycles. The maximum Gasteiger partial charge on any atom is 0.238 e. The SMILES string of the molecule is COc1ccccc1NC(=O)CCN1CCN(CC(=O)Nc2ccccc2Cl)CC1. The van der Waals surface area contributed by atoms with Crippen molar-refractivity contribution in [3.8, 4) is 5.75 Å². The zero-order valence-electron chi connectivity index (χ0n) is 17.1. The molecular weight excluding hydrogens is 404 g/mol. The molecule has 1 aliphatic rings. The van der Waals surface area contributed by atoms with Gasteiger partial charge in [-0.3, -0.25) is 14.5 Å². The molecule has 1 fully saturated rings. The third-order valence-electron chi connectivity index (χ3n) is 5.02. The van der Waals surface area contributed by atoms with Crippen molar-refractivity contribution in [2.75, 3.05) is 57.0 Å². The fourth-order valence-electron chi connectivity index (χ4n) is 3.35. The third-order valence-corrected chi connectivity index (χ3v) is 5.35. The van der Waals surface area contributed by atoms with Crippen LogP contribution in [0.15, 0.2) is 48.5 Å². The van der Waals surface area contributed by atoms with Crippen molar-refractivity contribution in [2.24, 2.45) is 0 Å². The molecule has 1 heterocycles. The Morgan fingerprint density at radius 3 is 2.20 bits per heavy atom. The van der Waals surface area contributed by atoms with E-state index in [9.17, 15) is 9.59 Å². The van der Waals surface area contributed by atoms with Crippen LogP contribution in [0.3, 0.4) is 0 Å². The molecule has 30 heavy (non-hydrogen) atoms. The standard InChI is InChI=1S/C22H27ClN4O3/c1-30-20-9-5-4-8-19(20)25-21(28)10-11-26-12-14-27(15-13-26)16-22(29)24-18-7-3-2-6-17(18)23/h2-9H,10-16H2,1H3,(H,24,29)(H,25,28). The summed E-state index contributed by atoms with van der Waals surface area (Å²) < 4.78 is 5.26. The van der Waals surface area contributed by atoms with Crippen LogP contribution in [0.25, 0.3) is 0 Å². The summed E-state index contributed by atoms with van der Waals surface area (Å²) in [5.74, 6) is 0.531. The predicted octanol–water partition coefficient (Wildman–Crippen LogP) is 2.93. The van der Waals surface area contributed by atoms with Gasteiger partial charge in [-0.1, -0.05) is 35.9 Å². The molecule has 160 valence electrons. The van der Waals surface area contributed by atoms with E-state index in [0.717, 1.165) is 26.2 Å². The predicted molar refractivity (Wildman–Crippen MR) is 119 cm³/mol. The highest BCUT2D eigenvalue weighted by atomic mass is 35.5. The van der Waals surface area contributed by atoms with Gasteiger partial charge in [-0.15, -0.1) is 0 Å². The first-order valence-electron chi connectivity index (χ1n) is 9.97. The van der Waals surface area contributed by atoms with Crippen molar-refractivity contribution in [3.05, 3.63) is 53.6 Å². The molecule has 1 saturated heterocycles. The summed E-state index contributed by atoms with van der Waals surface area (Å²) in [5.41, 5.74) is 1.31. The maximum atomic E-state index is 12.3. The van der Waals surface area contributed by atoms with Gasteiger partial charge in [-0.25, -0.2) is 0 Å². The second-order valence-electron chi connectivity index (χ2n) is 7.14. The molecule has 2 N–H and O–H groups in total. The van der Waals surface area contributed by atoms with Crippen molar-refractivity contribution in [1.82, 2.24) is 9.80 Å². The monoisotopic (exact) mass is 430 g/mol. The number of nitrogens with zero attached hydrogens (tertiary/aromatic N) is 2. The number of amides is 2. The van der Waals surface area contributed by atoms with Gasteiger partial charge in [-0.2, -0.15) is 0 Å². The number of nitrogens with one attached hydrogen (secondary N) is 2. The van der Waals surface area contributed by atoms with Crippen LogP contribution in [0.4, 0.5) is 11.4 Å². The third kappa shape index (κ3) is 6.45. The lowest BCUT2D eigenvalue weighted by atomic mass is 10.2. The Morgan fingerprint density at radius 1 is 0.900 bits per heavy atom. The Morgan fingerprint density at radius 2 is 1.50 bits per heavy atom. The fraction of sp³-hybridized carbons (Fsp3) is 0.364. The smallest absolute Gasteiger partial charge is 0.238 e. The number of halogens is 1. The Balaban J connectivity index is 1.37. The fourth-order valence-corrected chi connectivity index (χ4v) is 3.53. The first-order chi connectivity index (χ1) is 14.5. The summed E-state index contributed by atoms with van der Waals surface area (Å²) in [4.78, 5) is 28.9. The van der Waals surface area contributed by atoms with Crippen molar-refractivity contribution < 1.29 is 14.3 Å². The van der Waals surface area contributed by atoms with Crippen LogP contribution < -0.4 is 15.4 Å². The topological polar surface area (TPSA) is 73.9 Å². The number of hydrogen-bond acceptors (Lipinski definition) is 5. The van der Waals surface area contributed by atoms with E-state index in [1.54, 1.807) is 19.2 Å². The van der Waals surface area contributed by atoms with Gasteiger partial charge in [0.05, 0.1) is 30.1 Å². The molecule has 2 aromatic rings. The van der Waals surface area contributed by atoms with E-state index < -0.39 is 0 Å². The van der Waals surface area contributed by atoms with E-state index in [0.29, 0.717) is 41.7 Å². The van der Waals surface area contributed by atoms with Crippen molar-refractivity contribution in [3.63, 3.8) is 0 Å². The molecule has 2 aromatic carbocycles. The quantitative estimate of drug-likeness (QED) is 0.673. The molecule has 2 amide bonds. The molecule has 0 bridgehead atoms. The van der Waals surface area contributed by atoms with Crippen LogP contribution in [0.5, 0.6) is 5.75 Å². The average molecular weight is 431 g/mol. The second-order valence-corrected chi connectivity index (χ2v) is 7.55. The molecule has 0 radical (unpaired) electrons. The lowest BCUT2D eigenvalue weighted by Gasteiger charge is -2.34. The van der Waals surface area contributed by atoms with Gasteiger partial charge in [0.1, 0.15) is 5.75 Å². The number of rotatable bonds is 8. The number of piperazine rings is 1. The molecule has 0 spiro atoms. The number of para-hydroxylation sites is 3. The second kappa shape index (κ2) is 11.0. The molecular formula is C22H27ClN4O3. The molecule has 1 aliphatic heterocycles. The number of methoxy groups -OCH3 is 1. The highest BCUT2D eigenvalue weighted by Gasteiger charge is 2.20. The molecule has 8 heteroatoms. The number of hydrogen-bond donors (Lipinski definition) is 2. The van der Waals surface area contributed by atoms with Gasteiger partial charge in [0.15, 0.2) is 0 Å². The summed E-state index contributed by atoms with van der Waals surface area (Å²) in [7, 11) is 1.58. The normalized spacial score (nSPS) is 14.9. The summed E-state index contributed by atoms with van der Waals surface area (Å²) in [6.45, 7) is 4.21. The van der Waals surface area contributed by atoms with E-state index in [1.807, 2.05) is 36.4 Å². The summed E-state index contributed by atoms with van der Waals surface area (Å²) in [6, 6.07) is 14.6. The zero-order valence-corrected chi connectivity index (χ0v) is 17.8. The number of carbonyl (C=O) groups excluding carboxylic acids is 2. The van der Waals surface area contributed by atoms with Gasteiger partial charge >= 0.3 is 0 Å². The molecule has 7 nitrogen and oxygen atoms in total. The van der Waals surface area contributed by atoms with Gasteiger partial charge in [0, 0.05) is 39.1 Å². The largest absolute Gasteiger partial charge is 0.495 e. The van der Waals surface area contributed by atoms with Crippen LogP contribution in [0.1, 0.15) is 6.42 Å². The molecule has 0 aromatic heterocycles. The number of benzene rings is 2. The van der Waals surface area contributed by atoms with Crippen LogP contribution in [-0.4, -0.2) is 68.0 Å². The van der Waals surface area contributed by atoms with E-state index in [4.69, 9.17) is 16.3 Å². The van der Waals surface area contributed by atoms with Gasteiger partial charge in [-0.05, 0) is 24.3 Å². The van der Waals surface area contributed by atoms with E-state index in [-0.39, 0.29) is 11.8 Å². The van der Waals surface area contributed by atoms with Crippen LogP contribution in [0.2, 0.25) is 5.02 Å². The molecule has 0 aliphatic carbocycles. The highest BCUT2D eigenvalue weighted by Crippen LogP contribution is 2.23. The summed E-state index contributed by atoms with van der Waals surface area (Å²) in [6.07, 6.45) is 0.408. The van der Waals surface area contributed by atoms with Crippen molar-refractivity contribution >= 4 is 34.8 Å². The Labute approximate surface area is 181 Å². The minimum atomic E-state index is -0.0762. The summed E-state index contributed by atoms with van der Waals surface area (Å²) in [5, 5.41) is 6.28. The van der Waals surface area contributed by atoms with Crippen LogP contribution in [-0.2, 0) is 9.59 Å². The zero-order chi connectivity index (χ0) is 21.3. The first kappa shape index (κ1) is 22.1. The van der Waals surface area contributed by atoms with Crippen LogP contribution in [0, 0.1) is 0 Å². The van der Waals surface area contributed by atoms with E-state index >= 15 is 0 Å². The minimum Gasteiger partial charge on any atom is -0.495 e.